The number of fused-ring (bicyclic) bond motifs is 2. The maximum absolute atomic E-state index is 14.0. The number of hydrogen-bond donors (Lipinski definition) is 1. The fourth-order valence-corrected chi connectivity index (χ4v) is 4.11. The van der Waals surface area contributed by atoms with Crippen LogP contribution < -0.4 is 9.64 Å². The van der Waals surface area contributed by atoms with Gasteiger partial charge in [0.1, 0.15) is 16.3 Å². The van der Waals surface area contributed by atoms with Gasteiger partial charge in [-0.05, 0) is 24.6 Å². The van der Waals surface area contributed by atoms with Crippen LogP contribution in [0.1, 0.15) is 17.0 Å². The number of anilines is 1. The molecule has 1 aliphatic heterocycles. The van der Waals surface area contributed by atoms with E-state index in [0.717, 1.165) is 16.9 Å². The number of carbonyl (C=O) groups is 2. The summed E-state index contributed by atoms with van der Waals surface area (Å²) in [5.41, 5.74) is 0.893. The second kappa shape index (κ2) is 7.03. The Morgan fingerprint density at radius 2 is 2.03 bits per heavy atom. The van der Waals surface area contributed by atoms with Gasteiger partial charge in [0.25, 0.3) is 5.91 Å². The Balaban J connectivity index is 1.77. The van der Waals surface area contributed by atoms with E-state index in [0.29, 0.717) is 17.5 Å². The van der Waals surface area contributed by atoms with Gasteiger partial charge in [-0.15, -0.1) is 11.3 Å². The fraction of sp³-hybridized carbons (Fsp3) is 0.211. The van der Waals surface area contributed by atoms with Crippen molar-refractivity contribution in [2.75, 3.05) is 4.90 Å². The third-order valence-corrected chi connectivity index (χ3v) is 5.46. The number of aromatic nitrogens is 1. The lowest BCUT2D eigenvalue weighted by Gasteiger charge is -2.33. The number of nitrogens with zero attached hydrogens (tertiary/aromatic N) is 2. The van der Waals surface area contributed by atoms with Crippen molar-refractivity contribution in [1.82, 2.24) is 4.98 Å². The molecule has 0 bridgehead atoms. The lowest BCUT2D eigenvalue weighted by Crippen LogP contribution is -2.46. The topological polar surface area (TPSA) is 79.7 Å². The number of aryl methyl sites for hydroxylation is 1. The maximum Gasteiger partial charge on any atom is 0.307 e. The number of rotatable bonds is 4. The van der Waals surface area contributed by atoms with E-state index in [9.17, 15) is 22.8 Å². The van der Waals surface area contributed by atoms with E-state index >= 15 is 0 Å². The van der Waals surface area contributed by atoms with Crippen molar-refractivity contribution >= 4 is 39.1 Å². The Morgan fingerprint density at radius 3 is 2.76 bits per heavy atom. The smallest absolute Gasteiger partial charge is 0.307 e. The van der Waals surface area contributed by atoms with Crippen LogP contribution in [0.4, 0.5) is 18.9 Å². The van der Waals surface area contributed by atoms with Gasteiger partial charge in [0.05, 0.1) is 23.4 Å². The molecule has 0 spiro atoms. The van der Waals surface area contributed by atoms with Crippen LogP contribution in [-0.4, -0.2) is 28.1 Å². The van der Waals surface area contributed by atoms with E-state index in [1.54, 1.807) is 25.1 Å². The van der Waals surface area contributed by atoms with Crippen LogP contribution in [-0.2, 0) is 16.1 Å². The molecule has 0 saturated heterocycles. The Kier molecular flexibility index (Phi) is 4.65. The highest BCUT2D eigenvalue weighted by Gasteiger charge is 2.36. The van der Waals surface area contributed by atoms with Gasteiger partial charge in [-0.25, -0.2) is 18.2 Å². The minimum absolute atomic E-state index is 0.167. The molecule has 0 aliphatic carbocycles. The lowest BCUT2D eigenvalue weighted by atomic mass is 10.1. The zero-order chi connectivity index (χ0) is 20.9. The van der Waals surface area contributed by atoms with E-state index in [1.165, 1.54) is 4.90 Å². The average molecular weight is 422 g/mol. The van der Waals surface area contributed by atoms with E-state index in [1.807, 2.05) is 0 Å². The first-order valence-corrected chi connectivity index (χ1v) is 9.29. The number of benzene rings is 2. The highest BCUT2D eigenvalue weighted by Crippen LogP contribution is 2.38. The molecular formula is C19H13F3N2O4S. The zero-order valence-corrected chi connectivity index (χ0v) is 15.7. The van der Waals surface area contributed by atoms with Crippen LogP contribution in [0.5, 0.6) is 5.75 Å². The molecule has 10 heteroatoms. The number of ether oxygens (including phenoxy) is 1. The van der Waals surface area contributed by atoms with Gasteiger partial charge in [0.15, 0.2) is 23.6 Å². The highest BCUT2D eigenvalue weighted by molar-refractivity contribution is 7.18. The van der Waals surface area contributed by atoms with Gasteiger partial charge >= 0.3 is 5.97 Å². The summed E-state index contributed by atoms with van der Waals surface area (Å²) < 4.78 is 46.7. The minimum atomic E-state index is -1.32. The third kappa shape index (κ3) is 3.39. The number of carboxylic acids is 1. The van der Waals surface area contributed by atoms with E-state index in [-0.39, 0.29) is 21.8 Å². The Hall–Kier alpha value is -3.14. The summed E-state index contributed by atoms with van der Waals surface area (Å²) in [6.07, 6.45) is -1.79. The summed E-state index contributed by atoms with van der Waals surface area (Å²) >= 11 is 0.725. The second-order valence-corrected chi connectivity index (χ2v) is 7.62. The van der Waals surface area contributed by atoms with Crippen LogP contribution in [0, 0.1) is 24.4 Å². The number of carboxylic acid groups (broad SMARTS) is 1. The molecular weight excluding hydrogens is 409 g/mol. The van der Waals surface area contributed by atoms with Gasteiger partial charge in [-0.2, -0.15) is 0 Å². The normalized spacial score (nSPS) is 16.1. The first-order valence-electron chi connectivity index (χ1n) is 8.48. The predicted molar refractivity (Wildman–Crippen MR) is 98.5 cm³/mol. The monoisotopic (exact) mass is 422 g/mol. The van der Waals surface area contributed by atoms with Crippen LogP contribution in [0.2, 0.25) is 0 Å². The van der Waals surface area contributed by atoms with Gasteiger partial charge in [0.2, 0.25) is 0 Å². The van der Waals surface area contributed by atoms with Crippen LogP contribution in [0.15, 0.2) is 24.3 Å². The van der Waals surface area contributed by atoms with Crippen molar-refractivity contribution in [3.8, 4) is 5.75 Å². The summed E-state index contributed by atoms with van der Waals surface area (Å²) in [6.45, 7) is 1.63. The molecule has 2 aromatic carbocycles. The number of halogens is 3. The van der Waals surface area contributed by atoms with Gasteiger partial charge in [-0.1, -0.05) is 6.07 Å². The molecule has 0 fully saturated rings. The standard InChI is InChI=1S/C19H13F3N2O4S/c1-8-2-3-12-11(4-8)24(19(27)13(28-12)6-15(25)26)7-14-23-17-10(21)5-9(20)16(22)18(17)29-14/h2-5,13H,6-7H2,1H3,(H,25,26). The molecule has 0 saturated carbocycles. The van der Waals surface area contributed by atoms with Crippen molar-refractivity contribution in [2.45, 2.75) is 26.0 Å². The molecule has 1 N–H and O–H groups in total. The zero-order valence-electron chi connectivity index (χ0n) is 14.9. The maximum atomic E-state index is 14.0. The van der Waals surface area contributed by atoms with E-state index in [4.69, 9.17) is 9.84 Å². The van der Waals surface area contributed by atoms with Crippen LogP contribution in [0.25, 0.3) is 10.2 Å². The summed E-state index contributed by atoms with van der Waals surface area (Å²) in [5, 5.41) is 9.22. The average Bonchev–Trinajstić information content (AvgIpc) is 3.08. The highest BCUT2D eigenvalue weighted by atomic mass is 32.1. The summed E-state index contributed by atoms with van der Waals surface area (Å²) in [6, 6.07) is 5.46. The number of aliphatic carboxylic acids is 1. The van der Waals surface area contributed by atoms with E-state index in [2.05, 4.69) is 4.98 Å². The quantitative estimate of drug-likeness (QED) is 0.647. The molecule has 6 nitrogen and oxygen atoms in total. The van der Waals surface area contributed by atoms with Gasteiger partial charge < -0.3 is 9.84 Å². The van der Waals surface area contributed by atoms with Gasteiger partial charge in [0, 0.05) is 6.07 Å². The number of amides is 1. The number of thiazole rings is 1. The fourth-order valence-electron chi connectivity index (χ4n) is 3.11. The summed E-state index contributed by atoms with van der Waals surface area (Å²) in [7, 11) is 0. The summed E-state index contributed by atoms with van der Waals surface area (Å²) in [4.78, 5) is 29.2. The first kappa shape index (κ1) is 19.2. The molecule has 150 valence electrons. The Bertz CT molecular complexity index is 1160. The Labute approximate surface area is 166 Å². The van der Waals surface area contributed by atoms with Crippen LogP contribution >= 0.6 is 11.3 Å². The van der Waals surface area contributed by atoms with Crippen LogP contribution in [0.3, 0.4) is 0 Å². The Morgan fingerprint density at radius 1 is 1.28 bits per heavy atom. The number of hydrogen-bond acceptors (Lipinski definition) is 5. The summed E-state index contributed by atoms with van der Waals surface area (Å²) in [5.74, 6) is -5.05. The van der Waals surface area contributed by atoms with Crippen molar-refractivity contribution in [3.63, 3.8) is 0 Å². The van der Waals surface area contributed by atoms with Crippen molar-refractivity contribution in [2.24, 2.45) is 0 Å². The molecule has 0 radical (unpaired) electrons. The minimum Gasteiger partial charge on any atom is -0.481 e. The lowest BCUT2D eigenvalue weighted by molar-refractivity contribution is -0.142. The second-order valence-electron chi connectivity index (χ2n) is 6.54. The molecule has 1 aromatic heterocycles. The molecule has 3 aromatic rings. The van der Waals surface area contributed by atoms with Crippen molar-refractivity contribution in [3.05, 3.63) is 52.3 Å². The third-order valence-electron chi connectivity index (χ3n) is 4.43. The van der Waals surface area contributed by atoms with E-state index < -0.39 is 41.9 Å². The molecule has 1 aliphatic rings. The largest absolute Gasteiger partial charge is 0.481 e. The molecule has 1 amide bonds. The molecule has 4 rings (SSSR count). The predicted octanol–water partition coefficient (Wildman–Crippen LogP) is 3.79. The molecule has 2 heterocycles. The molecule has 1 atom stereocenters. The van der Waals surface area contributed by atoms with Crippen molar-refractivity contribution < 1.29 is 32.6 Å². The SMILES string of the molecule is Cc1ccc2c(c1)N(Cc1nc3c(F)cc(F)c(F)c3s1)C(=O)C(CC(=O)O)O2. The molecule has 1 unspecified atom stereocenters. The number of carbonyl (C=O) groups excluding carboxylic acids is 1. The van der Waals surface area contributed by atoms with Crippen molar-refractivity contribution in [1.29, 1.82) is 0 Å². The molecule has 29 heavy (non-hydrogen) atoms. The first-order chi connectivity index (χ1) is 13.7. The van der Waals surface area contributed by atoms with Gasteiger partial charge in [-0.3, -0.25) is 14.5 Å².